The highest BCUT2D eigenvalue weighted by Crippen LogP contribution is 2.34. The molecule has 0 radical (unpaired) electrons. The molecule has 1 amide bonds. The Kier molecular flexibility index (Phi) is 5.28. The smallest absolute Gasteiger partial charge is 0.226 e. The Labute approximate surface area is 147 Å². The zero-order chi connectivity index (χ0) is 17.7. The Balaban J connectivity index is 1.77. The maximum Gasteiger partial charge on any atom is 0.226 e. The van der Waals surface area contributed by atoms with Gasteiger partial charge in [-0.1, -0.05) is 0 Å². The number of aromatic nitrogens is 1. The van der Waals surface area contributed by atoms with Gasteiger partial charge in [0, 0.05) is 31.7 Å². The molecule has 0 unspecified atom stereocenters. The fourth-order valence-corrected chi connectivity index (χ4v) is 3.32. The quantitative estimate of drug-likeness (QED) is 0.875. The van der Waals surface area contributed by atoms with Crippen molar-refractivity contribution in [1.82, 2.24) is 4.57 Å². The molecule has 0 bridgehead atoms. The predicted octanol–water partition coefficient (Wildman–Crippen LogP) is 3.04. The average molecular weight is 344 g/mol. The van der Waals surface area contributed by atoms with Gasteiger partial charge in [0.1, 0.15) is 11.5 Å². The summed E-state index contributed by atoms with van der Waals surface area (Å²) in [5.74, 6) is 1.22. The number of carbonyl (C=O) groups excluding carboxylic acids is 1. The van der Waals surface area contributed by atoms with Gasteiger partial charge in [-0.3, -0.25) is 4.79 Å². The van der Waals surface area contributed by atoms with Crippen LogP contribution in [0.5, 0.6) is 11.5 Å². The topological polar surface area (TPSA) is 61.7 Å². The van der Waals surface area contributed by atoms with Crippen molar-refractivity contribution in [1.29, 1.82) is 0 Å². The van der Waals surface area contributed by atoms with Crippen LogP contribution < -0.4 is 14.8 Å². The lowest BCUT2D eigenvalue weighted by Crippen LogP contribution is -2.42. The number of hydrogen-bond acceptors (Lipinski definition) is 4. The van der Waals surface area contributed by atoms with E-state index in [1.807, 2.05) is 24.5 Å². The Hall–Kier alpha value is -2.47. The van der Waals surface area contributed by atoms with Gasteiger partial charge in [0.25, 0.3) is 0 Å². The predicted molar refractivity (Wildman–Crippen MR) is 95.3 cm³/mol. The van der Waals surface area contributed by atoms with Crippen LogP contribution in [0.2, 0.25) is 0 Å². The maximum atomic E-state index is 12.8. The normalized spacial score (nSPS) is 16.2. The van der Waals surface area contributed by atoms with Crippen molar-refractivity contribution < 1.29 is 19.0 Å². The Morgan fingerprint density at radius 2 is 1.92 bits per heavy atom. The molecule has 0 spiro atoms. The molecule has 0 atom stereocenters. The molecular formula is C19H24N2O4. The molecule has 1 aliphatic heterocycles. The van der Waals surface area contributed by atoms with E-state index in [1.165, 1.54) is 0 Å². The second-order valence-corrected chi connectivity index (χ2v) is 6.22. The van der Waals surface area contributed by atoms with E-state index < -0.39 is 0 Å². The molecule has 1 aromatic heterocycles. The van der Waals surface area contributed by atoms with Crippen molar-refractivity contribution in [2.24, 2.45) is 0 Å². The molecule has 2 heterocycles. The molecule has 25 heavy (non-hydrogen) atoms. The largest absolute Gasteiger partial charge is 0.497 e. The van der Waals surface area contributed by atoms with Gasteiger partial charge < -0.3 is 24.1 Å². The van der Waals surface area contributed by atoms with Crippen LogP contribution in [0.3, 0.4) is 0 Å². The Bertz CT molecular complexity index is 706. The number of ether oxygens (including phenoxy) is 3. The minimum atomic E-state index is -0.245. The number of anilines is 1. The van der Waals surface area contributed by atoms with E-state index in [0.29, 0.717) is 36.8 Å². The van der Waals surface area contributed by atoms with Crippen molar-refractivity contribution >= 4 is 11.6 Å². The van der Waals surface area contributed by atoms with E-state index in [-0.39, 0.29) is 11.4 Å². The summed E-state index contributed by atoms with van der Waals surface area (Å²) in [4.78, 5) is 12.8. The zero-order valence-electron chi connectivity index (χ0n) is 14.7. The van der Waals surface area contributed by atoms with Gasteiger partial charge in [-0.2, -0.15) is 0 Å². The van der Waals surface area contributed by atoms with Gasteiger partial charge >= 0.3 is 0 Å². The number of nitrogens with one attached hydrogen (secondary N) is 1. The summed E-state index contributed by atoms with van der Waals surface area (Å²) in [6.07, 6.45) is 6.06. The van der Waals surface area contributed by atoms with Crippen LogP contribution in [-0.2, 0) is 15.1 Å². The SMILES string of the molecule is COc1ccc(NC(=O)CC2(n3cccc3)CCOCC2)c(OC)c1. The lowest BCUT2D eigenvalue weighted by atomic mass is 9.86. The molecule has 6 nitrogen and oxygen atoms in total. The van der Waals surface area contributed by atoms with Crippen LogP contribution in [0.15, 0.2) is 42.7 Å². The number of nitrogens with zero attached hydrogens (tertiary/aromatic N) is 1. The number of methoxy groups -OCH3 is 2. The van der Waals surface area contributed by atoms with Gasteiger partial charge in [-0.15, -0.1) is 0 Å². The van der Waals surface area contributed by atoms with Gasteiger partial charge in [-0.25, -0.2) is 0 Å². The van der Waals surface area contributed by atoms with E-state index in [9.17, 15) is 4.79 Å². The first-order valence-electron chi connectivity index (χ1n) is 8.40. The first-order chi connectivity index (χ1) is 12.2. The van der Waals surface area contributed by atoms with Gasteiger partial charge in [0.15, 0.2) is 0 Å². The zero-order valence-corrected chi connectivity index (χ0v) is 14.7. The van der Waals surface area contributed by atoms with E-state index >= 15 is 0 Å². The summed E-state index contributed by atoms with van der Waals surface area (Å²) in [7, 11) is 3.17. The summed E-state index contributed by atoms with van der Waals surface area (Å²) >= 11 is 0. The van der Waals surface area contributed by atoms with Crippen LogP contribution in [0.25, 0.3) is 0 Å². The fourth-order valence-electron chi connectivity index (χ4n) is 3.32. The molecule has 1 aliphatic rings. The number of amides is 1. The molecule has 3 rings (SSSR count). The van der Waals surface area contributed by atoms with Crippen LogP contribution >= 0.6 is 0 Å². The van der Waals surface area contributed by atoms with Crippen molar-refractivity contribution in [3.8, 4) is 11.5 Å². The third-order valence-electron chi connectivity index (χ3n) is 4.75. The molecule has 0 saturated carbocycles. The molecule has 6 heteroatoms. The third-order valence-corrected chi connectivity index (χ3v) is 4.75. The van der Waals surface area contributed by atoms with Crippen LogP contribution in [-0.4, -0.2) is 37.9 Å². The highest BCUT2D eigenvalue weighted by atomic mass is 16.5. The summed E-state index contributed by atoms with van der Waals surface area (Å²) in [5, 5.41) is 2.97. The summed E-state index contributed by atoms with van der Waals surface area (Å²) in [5.41, 5.74) is 0.397. The van der Waals surface area contributed by atoms with Gasteiger partial charge in [0.2, 0.25) is 5.91 Å². The van der Waals surface area contributed by atoms with Crippen molar-refractivity contribution in [2.45, 2.75) is 24.8 Å². The first-order valence-corrected chi connectivity index (χ1v) is 8.40. The van der Waals surface area contributed by atoms with E-state index in [2.05, 4.69) is 9.88 Å². The summed E-state index contributed by atoms with van der Waals surface area (Å²) < 4.78 is 18.2. The average Bonchev–Trinajstić information content (AvgIpc) is 3.18. The third kappa shape index (κ3) is 3.79. The lowest BCUT2D eigenvalue weighted by Gasteiger charge is -2.38. The number of hydrogen-bond donors (Lipinski definition) is 1. The molecular weight excluding hydrogens is 320 g/mol. The minimum absolute atomic E-state index is 0.0425. The van der Waals surface area contributed by atoms with Crippen molar-refractivity contribution in [2.75, 3.05) is 32.8 Å². The van der Waals surface area contributed by atoms with E-state index in [0.717, 1.165) is 12.8 Å². The van der Waals surface area contributed by atoms with Crippen molar-refractivity contribution in [3.63, 3.8) is 0 Å². The van der Waals surface area contributed by atoms with Gasteiger partial charge in [-0.05, 0) is 37.1 Å². The molecule has 1 fully saturated rings. The lowest BCUT2D eigenvalue weighted by molar-refractivity contribution is -0.119. The summed E-state index contributed by atoms with van der Waals surface area (Å²) in [6, 6.07) is 9.32. The highest BCUT2D eigenvalue weighted by molar-refractivity contribution is 5.93. The molecule has 1 aromatic carbocycles. The van der Waals surface area contributed by atoms with Crippen LogP contribution in [0.4, 0.5) is 5.69 Å². The number of carbonyl (C=O) groups is 1. The van der Waals surface area contributed by atoms with Crippen molar-refractivity contribution in [3.05, 3.63) is 42.7 Å². The van der Waals surface area contributed by atoms with E-state index in [4.69, 9.17) is 14.2 Å². The number of rotatable bonds is 6. The molecule has 134 valence electrons. The molecule has 1 N–H and O–H groups in total. The van der Waals surface area contributed by atoms with Crippen LogP contribution in [0.1, 0.15) is 19.3 Å². The Morgan fingerprint density at radius 1 is 1.20 bits per heavy atom. The highest BCUT2D eigenvalue weighted by Gasteiger charge is 2.36. The minimum Gasteiger partial charge on any atom is -0.497 e. The standard InChI is InChI=1S/C19H24N2O4/c1-23-15-5-6-16(17(13-15)24-2)20-18(22)14-19(7-11-25-12-8-19)21-9-3-4-10-21/h3-6,9-10,13H,7-8,11-12,14H2,1-2H3,(H,20,22). The monoisotopic (exact) mass is 344 g/mol. The second-order valence-electron chi connectivity index (χ2n) is 6.22. The fraction of sp³-hybridized carbons (Fsp3) is 0.421. The molecule has 2 aromatic rings. The Morgan fingerprint density at radius 3 is 2.56 bits per heavy atom. The first kappa shape index (κ1) is 17.4. The summed E-state index contributed by atoms with van der Waals surface area (Å²) in [6.45, 7) is 1.33. The molecule has 0 aliphatic carbocycles. The second kappa shape index (κ2) is 7.61. The molecule has 1 saturated heterocycles. The van der Waals surface area contributed by atoms with Crippen LogP contribution in [0, 0.1) is 0 Å². The maximum absolute atomic E-state index is 12.8. The van der Waals surface area contributed by atoms with Gasteiger partial charge in [0.05, 0.1) is 31.9 Å². The van der Waals surface area contributed by atoms with E-state index in [1.54, 1.807) is 32.4 Å². The number of benzene rings is 1.